The van der Waals surface area contributed by atoms with Crippen LogP contribution in [0.5, 0.6) is 0 Å². The zero-order chi connectivity index (χ0) is 21.3. The number of thiazole rings is 1. The number of primary amides is 1. The van der Waals surface area contributed by atoms with E-state index in [9.17, 15) is 18.8 Å². The molecule has 0 unspecified atom stereocenters. The molecule has 3 heterocycles. The molecule has 0 bridgehead atoms. The number of nitrogens with zero attached hydrogens (tertiary/aromatic N) is 3. The second-order valence-corrected chi connectivity index (χ2v) is 8.70. The van der Waals surface area contributed by atoms with Gasteiger partial charge in [-0.1, -0.05) is 12.1 Å². The quantitative estimate of drug-likeness (QED) is 0.786. The fourth-order valence-corrected chi connectivity index (χ4v) is 5.15. The molecule has 1 atom stereocenters. The Morgan fingerprint density at radius 2 is 2.00 bits per heavy atom. The Hall–Kier alpha value is -2.81. The topological polar surface area (TPSA) is 96.6 Å². The van der Waals surface area contributed by atoms with E-state index >= 15 is 0 Å². The summed E-state index contributed by atoms with van der Waals surface area (Å²) in [5, 5.41) is 0.746. The highest BCUT2D eigenvalue weighted by atomic mass is 32.1. The zero-order valence-corrected chi connectivity index (χ0v) is 17.3. The van der Waals surface area contributed by atoms with Crippen LogP contribution in [0.3, 0.4) is 0 Å². The molecule has 2 aliphatic rings. The van der Waals surface area contributed by atoms with Crippen molar-refractivity contribution in [1.82, 2.24) is 14.8 Å². The smallest absolute Gasteiger partial charge is 0.240 e. The molecule has 4 rings (SSSR count). The van der Waals surface area contributed by atoms with Crippen LogP contribution >= 0.6 is 11.3 Å². The Kier molecular flexibility index (Phi) is 5.80. The van der Waals surface area contributed by atoms with E-state index in [1.165, 1.54) is 28.4 Å². The van der Waals surface area contributed by atoms with Crippen LogP contribution in [0.2, 0.25) is 0 Å². The van der Waals surface area contributed by atoms with E-state index in [1.54, 1.807) is 11.0 Å². The molecule has 1 aromatic carbocycles. The van der Waals surface area contributed by atoms with E-state index in [2.05, 4.69) is 4.98 Å². The second-order valence-electron chi connectivity index (χ2n) is 7.61. The van der Waals surface area contributed by atoms with Crippen LogP contribution in [0, 0.1) is 5.82 Å². The lowest BCUT2D eigenvalue weighted by atomic mass is 10.1. The average Bonchev–Trinajstić information content (AvgIpc) is 3.38. The fourth-order valence-electron chi connectivity index (χ4n) is 4.03. The molecule has 7 nitrogen and oxygen atoms in total. The van der Waals surface area contributed by atoms with Crippen molar-refractivity contribution in [2.24, 2.45) is 5.73 Å². The molecule has 0 saturated carbocycles. The number of likely N-dealkylation sites (tertiary alicyclic amines) is 1. The number of rotatable bonds is 5. The molecule has 9 heteroatoms. The molecule has 2 aromatic rings. The van der Waals surface area contributed by atoms with Crippen molar-refractivity contribution in [3.8, 4) is 10.6 Å². The Morgan fingerprint density at radius 3 is 2.77 bits per heavy atom. The lowest BCUT2D eigenvalue weighted by molar-refractivity contribution is -0.140. The van der Waals surface area contributed by atoms with Gasteiger partial charge in [0.25, 0.3) is 0 Å². The van der Waals surface area contributed by atoms with Crippen molar-refractivity contribution in [3.05, 3.63) is 40.7 Å². The highest BCUT2D eigenvalue weighted by Crippen LogP contribution is 2.32. The third-order valence-corrected chi connectivity index (χ3v) is 6.74. The molecule has 0 spiro atoms. The van der Waals surface area contributed by atoms with Gasteiger partial charge in [0, 0.05) is 42.8 Å². The van der Waals surface area contributed by atoms with Gasteiger partial charge in [0.2, 0.25) is 17.7 Å². The van der Waals surface area contributed by atoms with E-state index < -0.39 is 11.9 Å². The van der Waals surface area contributed by atoms with E-state index in [1.807, 2.05) is 6.07 Å². The van der Waals surface area contributed by atoms with Gasteiger partial charge in [-0.2, -0.15) is 0 Å². The van der Waals surface area contributed by atoms with Gasteiger partial charge in [-0.3, -0.25) is 14.4 Å². The van der Waals surface area contributed by atoms with E-state index in [0.29, 0.717) is 32.5 Å². The van der Waals surface area contributed by atoms with Crippen LogP contribution in [0.15, 0.2) is 24.3 Å². The third-order valence-electron chi connectivity index (χ3n) is 5.61. The van der Waals surface area contributed by atoms with Crippen molar-refractivity contribution >= 4 is 29.1 Å². The standard InChI is InChI=1S/C21H23FN4O3S/c22-14-4-1-3-13(11-14)21-24-15-8-10-25(12-17(15)30-21)18(27)6-7-19(28)26-9-2-5-16(26)20(23)29/h1,3-4,11,16H,2,5-10,12H2,(H2,23,29)/t16-/m0/s1. The molecule has 3 amide bonds. The van der Waals surface area contributed by atoms with Crippen molar-refractivity contribution in [2.75, 3.05) is 13.1 Å². The average molecular weight is 431 g/mol. The maximum atomic E-state index is 13.5. The van der Waals surface area contributed by atoms with Crippen LogP contribution < -0.4 is 5.73 Å². The second kappa shape index (κ2) is 8.51. The monoisotopic (exact) mass is 430 g/mol. The Morgan fingerprint density at radius 1 is 1.20 bits per heavy atom. The summed E-state index contributed by atoms with van der Waals surface area (Å²) in [6.07, 6.45) is 2.15. The maximum absolute atomic E-state index is 13.5. The molecule has 0 radical (unpaired) electrons. The lowest BCUT2D eigenvalue weighted by Crippen LogP contribution is -2.44. The van der Waals surface area contributed by atoms with Gasteiger partial charge >= 0.3 is 0 Å². The highest BCUT2D eigenvalue weighted by Gasteiger charge is 2.33. The minimum absolute atomic E-state index is 0.0726. The first-order valence-corrected chi connectivity index (χ1v) is 10.8. The summed E-state index contributed by atoms with van der Waals surface area (Å²) in [5.41, 5.74) is 7.04. The van der Waals surface area contributed by atoms with Crippen LogP contribution in [-0.2, 0) is 27.3 Å². The first-order chi connectivity index (χ1) is 14.4. The molecule has 1 fully saturated rings. The summed E-state index contributed by atoms with van der Waals surface area (Å²) in [7, 11) is 0. The number of fused-ring (bicyclic) bond motifs is 1. The van der Waals surface area contributed by atoms with Crippen LogP contribution in [0.25, 0.3) is 10.6 Å². The van der Waals surface area contributed by atoms with Crippen LogP contribution in [-0.4, -0.2) is 51.6 Å². The van der Waals surface area contributed by atoms with E-state index in [0.717, 1.165) is 27.6 Å². The molecule has 2 N–H and O–H groups in total. The van der Waals surface area contributed by atoms with Crippen LogP contribution in [0.1, 0.15) is 36.3 Å². The van der Waals surface area contributed by atoms with Gasteiger partial charge in [0.15, 0.2) is 0 Å². The number of aromatic nitrogens is 1. The lowest BCUT2D eigenvalue weighted by Gasteiger charge is -2.27. The predicted octanol–water partition coefficient (Wildman–Crippen LogP) is 2.09. The molecule has 1 aromatic heterocycles. The molecule has 30 heavy (non-hydrogen) atoms. The maximum Gasteiger partial charge on any atom is 0.240 e. The zero-order valence-electron chi connectivity index (χ0n) is 16.5. The Labute approximate surface area is 177 Å². The summed E-state index contributed by atoms with van der Waals surface area (Å²) in [6, 6.07) is 5.77. The summed E-state index contributed by atoms with van der Waals surface area (Å²) in [5.74, 6) is -1.09. The van der Waals surface area contributed by atoms with Crippen molar-refractivity contribution in [2.45, 2.75) is 44.7 Å². The molecular weight excluding hydrogens is 407 g/mol. The molecule has 0 aliphatic carbocycles. The van der Waals surface area contributed by atoms with E-state index in [4.69, 9.17) is 5.73 Å². The number of amides is 3. The van der Waals surface area contributed by atoms with Gasteiger partial charge in [-0.15, -0.1) is 11.3 Å². The first-order valence-electron chi connectivity index (χ1n) is 10.0. The molecule has 1 saturated heterocycles. The van der Waals surface area contributed by atoms with Crippen molar-refractivity contribution in [3.63, 3.8) is 0 Å². The number of nitrogens with two attached hydrogens (primary N) is 1. The van der Waals surface area contributed by atoms with E-state index in [-0.39, 0.29) is 30.5 Å². The van der Waals surface area contributed by atoms with Crippen molar-refractivity contribution in [1.29, 1.82) is 0 Å². The normalized spacial score (nSPS) is 18.4. The number of hydrogen-bond donors (Lipinski definition) is 1. The summed E-state index contributed by atoms with van der Waals surface area (Å²) < 4.78 is 13.5. The predicted molar refractivity (Wildman–Crippen MR) is 110 cm³/mol. The Balaban J connectivity index is 1.36. The number of halogens is 1. The summed E-state index contributed by atoms with van der Waals surface area (Å²) in [6.45, 7) is 1.50. The van der Waals surface area contributed by atoms with Crippen LogP contribution in [0.4, 0.5) is 4.39 Å². The van der Waals surface area contributed by atoms with Gasteiger partial charge in [0.1, 0.15) is 16.9 Å². The van der Waals surface area contributed by atoms with Gasteiger partial charge in [-0.05, 0) is 25.0 Å². The number of benzene rings is 1. The molecule has 158 valence electrons. The summed E-state index contributed by atoms with van der Waals surface area (Å²) >= 11 is 1.47. The molecule has 2 aliphatic heterocycles. The minimum atomic E-state index is -0.552. The summed E-state index contributed by atoms with van der Waals surface area (Å²) in [4.78, 5) is 45.4. The number of carbonyl (C=O) groups excluding carboxylic acids is 3. The number of carbonyl (C=O) groups is 3. The Bertz CT molecular complexity index is 992. The molecular formula is C21H23FN4O3S. The number of hydrogen-bond acceptors (Lipinski definition) is 5. The first kappa shape index (κ1) is 20.5. The third kappa shape index (κ3) is 4.21. The van der Waals surface area contributed by atoms with Gasteiger partial charge in [0.05, 0.1) is 12.2 Å². The minimum Gasteiger partial charge on any atom is -0.368 e. The van der Waals surface area contributed by atoms with Gasteiger partial charge < -0.3 is 15.5 Å². The van der Waals surface area contributed by atoms with Crippen molar-refractivity contribution < 1.29 is 18.8 Å². The fraction of sp³-hybridized carbons (Fsp3) is 0.429. The van der Waals surface area contributed by atoms with Gasteiger partial charge in [-0.25, -0.2) is 9.37 Å². The highest BCUT2D eigenvalue weighted by molar-refractivity contribution is 7.15. The largest absolute Gasteiger partial charge is 0.368 e. The SMILES string of the molecule is NC(=O)[C@@H]1CCCN1C(=O)CCC(=O)N1CCc2nc(-c3cccc(F)c3)sc2C1.